The van der Waals surface area contributed by atoms with Gasteiger partial charge in [-0.15, -0.1) is 0 Å². The van der Waals surface area contributed by atoms with Crippen molar-refractivity contribution in [2.45, 2.75) is 50.1 Å². The zero-order valence-corrected chi connectivity index (χ0v) is 12.5. The molecule has 0 saturated heterocycles. The lowest BCUT2D eigenvalue weighted by molar-refractivity contribution is -0.125. The zero-order chi connectivity index (χ0) is 13.5. The molecule has 1 unspecified atom stereocenters. The van der Waals surface area contributed by atoms with Crippen molar-refractivity contribution >= 4 is 21.8 Å². The van der Waals surface area contributed by atoms with Gasteiger partial charge in [-0.3, -0.25) is 10.1 Å². The molecule has 3 N–H and O–H groups in total. The van der Waals surface area contributed by atoms with Crippen LogP contribution in [0.25, 0.3) is 0 Å². The Bertz CT molecular complexity index is 511. The molecule has 0 radical (unpaired) electrons. The molecule has 0 heterocycles. The van der Waals surface area contributed by atoms with Crippen LogP contribution in [0.5, 0.6) is 0 Å². The second-order valence-corrected chi connectivity index (χ2v) is 6.52. The summed E-state index contributed by atoms with van der Waals surface area (Å²) in [7, 11) is 0. The largest absolute Gasteiger partial charge is 0.368 e. The van der Waals surface area contributed by atoms with E-state index in [0.717, 1.165) is 35.7 Å². The summed E-state index contributed by atoms with van der Waals surface area (Å²) in [6.45, 7) is 0. The molecule has 0 bridgehead atoms. The molecule has 2 aliphatic rings. The molecule has 0 aromatic heterocycles. The number of rotatable bonds is 3. The molecule has 2 aliphatic carbocycles. The summed E-state index contributed by atoms with van der Waals surface area (Å²) >= 11 is 3.58. The number of nitrogens with one attached hydrogen (secondary N) is 1. The molecular formula is C15H19BrN2O. The van der Waals surface area contributed by atoms with E-state index in [4.69, 9.17) is 5.73 Å². The van der Waals surface area contributed by atoms with Crippen LogP contribution in [0.15, 0.2) is 22.7 Å². The first kappa shape index (κ1) is 13.1. The molecule has 1 aromatic rings. The van der Waals surface area contributed by atoms with Gasteiger partial charge >= 0.3 is 0 Å². The van der Waals surface area contributed by atoms with Crippen LogP contribution in [0, 0.1) is 0 Å². The summed E-state index contributed by atoms with van der Waals surface area (Å²) in [6.07, 6.45) is 6.47. The zero-order valence-electron chi connectivity index (χ0n) is 10.9. The average molecular weight is 323 g/mol. The second-order valence-electron chi connectivity index (χ2n) is 5.66. The van der Waals surface area contributed by atoms with Gasteiger partial charge in [-0.25, -0.2) is 0 Å². The van der Waals surface area contributed by atoms with Crippen molar-refractivity contribution in [3.8, 4) is 0 Å². The highest BCUT2D eigenvalue weighted by Crippen LogP contribution is 2.41. The molecule has 3 rings (SSSR count). The number of carbonyl (C=O) groups is 1. The van der Waals surface area contributed by atoms with Crippen LogP contribution in [0.1, 0.15) is 43.2 Å². The number of amides is 1. The highest BCUT2D eigenvalue weighted by atomic mass is 79.9. The van der Waals surface area contributed by atoms with Crippen LogP contribution in [0.3, 0.4) is 0 Å². The van der Waals surface area contributed by atoms with Gasteiger partial charge < -0.3 is 5.73 Å². The number of hydrogen-bond donors (Lipinski definition) is 2. The summed E-state index contributed by atoms with van der Waals surface area (Å²) in [4.78, 5) is 12.1. The first-order valence-corrected chi connectivity index (χ1v) is 7.78. The van der Waals surface area contributed by atoms with E-state index in [1.165, 1.54) is 18.4 Å². The first-order valence-electron chi connectivity index (χ1n) is 6.99. The van der Waals surface area contributed by atoms with Gasteiger partial charge in [0.15, 0.2) is 0 Å². The minimum atomic E-state index is -0.659. The van der Waals surface area contributed by atoms with Gasteiger partial charge in [0.1, 0.15) is 5.54 Å². The summed E-state index contributed by atoms with van der Waals surface area (Å²) in [6, 6.07) is 6.49. The predicted octanol–water partition coefficient (Wildman–Crippen LogP) is 2.61. The van der Waals surface area contributed by atoms with Crippen LogP contribution < -0.4 is 11.1 Å². The minimum Gasteiger partial charge on any atom is -0.368 e. The van der Waals surface area contributed by atoms with Crippen molar-refractivity contribution in [2.75, 3.05) is 0 Å². The summed E-state index contributed by atoms with van der Waals surface area (Å²) in [5.74, 6) is -0.240. The van der Waals surface area contributed by atoms with E-state index < -0.39 is 5.54 Å². The van der Waals surface area contributed by atoms with Crippen molar-refractivity contribution in [1.29, 1.82) is 0 Å². The van der Waals surface area contributed by atoms with Gasteiger partial charge in [-0.2, -0.15) is 0 Å². The number of fused-ring (bicyclic) bond motifs is 1. The number of carbonyl (C=O) groups excluding carboxylic acids is 1. The lowest BCUT2D eigenvalue weighted by Crippen LogP contribution is -2.54. The molecule has 0 spiro atoms. The van der Waals surface area contributed by atoms with Gasteiger partial charge in [-0.1, -0.05) is 40.9 Å². The summed E-state index contributed by atoms with van der Waals surface area (Å²) in [5.41, 5.74) is 7.40. The number of benzene rings is 1. The average Bonchev–Trinajstić information content (AvgIpc) is 2.99. The first-order chi connectivity index (χ1) is 9.13. The van der Waals surface area contributed by atoms with Crippen LogP contribution in [0.2, 0.25) is 0 Å². The molecule has 102 valence electrons. The maximum atomic E-state index is 12.1. The molecule has 1 saturated carbocycles. The lowest BCUT2D eigenvalue weighted by atomic mass is 9.89. The fraction of sp³-hybridized carbons (Fsp3) is 0.533. The molecule has 1 amide bonds. The van der Waals surface area contributed by atoms with Gasteiger partial charge in [-0.05, 0) is 42.9 Å². The standard InChI is InChI=1S/C15H19BrN2O/c16-13-7-3-6-12-11(13)8-9-15(12,14(17)19)18-10-4-1-2-5-10/h3,6-7,10,18H,1-2,4-5,8-9H2,(H2,17,19). The molecule has 0 aliphatic heterocycles. The third kappa shape index (κ3) is 2.11. The molecule has 1 fully saturated rings. The lowest BCUT2D eigenvalue weighted by Gasteiger charge is -2.32. The Morgan fingerprint density at radius 2 is 2.11 bits per heavy atom. The second kappa shape index (κ2) is 4.91. The van der Waals surface area contributed by atoms with E-state index >= 15 is 0 Å². The third-order valence-corrected chi connectivity index (χ3v) is 5.30. The molecule has 4 heteroatoms. The van der Waals surface area contributed by atoms with Crippen molar-refractivity contribution < 1.29 is 4.79 Å². The molecule has 19 heavy (non-hydrogen) atoms. The van der Waals surface area contributed by atoms with Crippen molar-refractivity contribution in [2.24, 2.45) is 5.73 Å². The van der Waals surface area contributed by atoms with E-state index in [0.29, 0.717) is 6.04 Å². The molecule has 3 nitrogen and oxygen atoms in total. The van der Waals surface area contributed by atoms with E-state index in [-0.39, 0.29) is 5.91 Å². The fourth-order valence-electron chi connectivity index (χ4n) is 3.56. The Balaban J connectivity index is 1.99. The minimum absolute atomic E-state index is 0.240. The third-order valence-electron chi connectivity index (χ3n) is 4.55. The Kier molecular flexibility index (Phi) is 3.39. The quantitative estimate of drug-likeness (QED) is 0.898. The van der Waals surface area contributed by atoms with Crippen LogP contribution in [0.4, 0.5) is 0 Å². The van der Waals surface area contributed by atoms with Crippen molar-refractivity contribution in [1.82, 2.24) is 5.32 Å². The number of nitrogens with two attached hydrogens (primary N) is 1. The Hall–Kier alpha value is -0.870. The van der Waals surface area contributed by atoms with E-state index in [2.05, 4.69) is 21.2 Å². The maximum Gasteiger partial charge on any atom is 0.242 e. The number of primary amides is 1. The SMILES string of the molecule is NC(=O)C1(NC2CCCC2)CCc2c(Br)cccc21. The monoisotopic (exact) mass is 322 g/mol. The molecular weight excluding hydrogens is 304 g/mol. The Labute approximate surface area is 122 Å². The summed E-state index contributed by atoms with van der Waals surface area (Å²) < 4.78 is 1.08. The number of hydrogen-bond acceptors (Lipinski definition) is 2. The van der Waals surface area contributed by atoms with Gasteiger partial charge in [0.05, 0.1) is 0 Å². The Morgan fingerprint density at radius 3 is 2.79 bits per heavy atom. The van der Waals surface area contributed by atoms with Gasteiger partial charge in [0.2, 0.25) is 5.91 Å². The highest BCUT2D eigenvalue weighted by Gasteiger charge is 2.45. The number of halogens is 1. The predicted molar refractivity (Wildman–Crippen MR) is 78.7 cm³/mol. The smallest absolute Gasteiger partial charge is 0.242 e. The topological polar surface area (TPSA) is 55.1 Å². The van der Waals surface area contributed by atoms with Crippen LogP contribution >= 0.6 is 15.9 Å². The van der Waals surface area contributed by atoms with Crippen molar-refractivity contribution in [3.05, 3.63) is 33.8 Å². The fourth-order valence-corrected chi connectivity index (χ4v) is 4.12. The van der Waals surface area contributed by atoms with E-state index in [9.17, 15) is 4.79 Å². The van der Waals surface area contributed by atoms with Crippen molar-refractivity contribution in [3.63, 3.8) is 0 Å². The van der Waals surface area contributed by atoms with Crippen LogP contribution in [-0.4, -0.2) is 11.9 Å². The highest BCUT2D eigenvalue weighted by molar-refractivity contribution is 9.10. The van der Waals surface area contributed by atoms with Gasteiger partial charge in [0, 0.05) is 10.5 Å². The van der Waals surface area contributed by atoms with E-state index in [1.807, 2.05) is 18.2 Å². The van der Waals surface area contributed by atoms with Gasteiger partial charge in [0.25, 0.3) is 0 Å². The van der Waals surface area contributed by atoms with E-state index in [1.54, 1.807) is 0 Å². The summed E-state index contributed by atoms with van der Waals surface area (Å²) in [5, 5.41) is 3.58. The molecule has 1 atom stereocenters. The van der Waals surface area contributed by atoms with Crippen LogP contribution in [-0.2, 0) is 16.8 Å². The Morgan fingerprint density at radius 1 is 1.37 bits per heavy atom. The maximum absolute atomic E-state index is 12.1. The normalized spacial score (nSPS) is 26.6. The molecule has 1 aromatic carbocycles.